The molecule has 0 unspecified atom stereocenters. The van der Waals surface area contributed by atoms with Crippen molar-refractivity contribution in [2.45, 2.75) is 13.5 Å². The zero-order valence-electron chi connectivity index (χ0n) is 17.1. The molecule has 7 heteroatoms. The van der Waals surface area contributed by atoms with Gasteiger partial charge >= 0.3 is 0 Å². The van der Waals surface area contributed by atoms with Gasteiger partial charge in [0.2, 0.25) is 0 Å². The second kappa shape index (κ2) is 7.36. The van der Waals surface area contributed by atoms with E-state index in [0.717, 1.165) is 46.4 Å². The first-order chi connectivity index (χ1) is 14.5. The molecule has 0 spiro atoms. The van der Waals surface area contributed by atoms with Gasteiger partial charge in [-0.05, 0) is 36.8 Å². The maximum Gasteiger partial charge on any atom is 0.274 e. The van der Waals surface area contributed by atoms with Gasteiger partial charge in [0, 0.05) is 55.1 Å². The zero-order valence-corrected chi connectivity index (χ0v) is 17.8. The number of fused-ring (bicyclic) bond motifs is 3. The Bertz CT molecular complexity index is 1130. The average Bonchev–Trinajstić information content (AvgIpc) is 3.12. The Morgan fingerprint density at radius 3 is 2.67 bits per heavy atom. The molecule has 30 heavy (non-hydrogen) atoms. The molecule has 0 N–H and O–H groups in total. The molecule has 0 radical (unpaired) electrons. The molecule has 2 aromatic carbocycles. The number of aryl methyl sites for hydroxylation is 2. The number of piperazine rings is 1. The number of carbonyl (C=O) groups excluding carboxylic acids is 1. The highest BCUT2D eigenvalue weighted by Crippen LogP contribution is 2.38. The van der Waals surface area contributed by atoms with Crippen molar-refractivity contribution >= 4 is 23.2 Å². The van der Waals surface area contributed by atoms with Crippen LogP contribution in [0.5, 0.6) is 5.75 Å². The Morgan fingerprint density at radius 2 is 1.87 bits per heavy atom. The van der Waals surface area contributed by atoms with Crippen molar-refractivity contribution in [3.8, 4) is 17.0 Å². The van der Waals surface area contributed by atoms with E-state index in [1.54, 1.807) is 4.68 Å². The number of aromatic nitrogens is 2. The third kappa shape index (κ3) is 3.12. The molecular formula is C23H23ClN4O2. The predicted molar refractivity (Wildman–Crippen MR) is 117 cm³/mol. The Labute approximate surface area is 180 Å². The smallest absolute Gasteiger partial charge is 0.274 e. The molecule has 2 aliphatic heterocycles. The fourth-order valence-corrected chi connectivity index (χ4v) is 4.54. The van der Waals surface area contributed by atoms with Crippen molar-refractivity contribution in [1.82, 2.24) is 14.7 Å². The highest BCUT2D eigenvalue weighted by atomic mass is 35.5. The molecule has 5 rings (SSSR count). The van der Waals surface area contributed by atoms with Crippen molar-refractivity contribution in [2.75, 3.05) is 31.1 Å². The van der Waals surface area contributed by atoms with E-state index in [9.17, 15) is 4.79 Å². The number of halogens is 1. The van der Waals surface area contributed by atoms with Crippen molar-refractivity contribution in [2.24, 2.45) is 7.05 Å². The lowest BCUT2D eigenvalue weighted by Crippen LogP contribution is -2.49. The number of amides is 1. The lowest BCUT2D eigenvalue weighted by molar-refractivity contribution is 0.0737. The third-order valence-electron chi connectivity index (χ3n) is 5.94. The van der Waals surface area contributed by atoms with Crippen molar-refractivity contribution < 1.29 is 9.53 Å². The normalized spacial score (nSPS) is 15.4. The Morgan fingerprint density at radius 1 is 1.10 bits per heavy atom. The topological polar surface area (TPSA) is 50.6 Å². The maximum absolute atomic E-state index is 13.3. The first-order valence-electron chi connectivity index (χ1n) is 10.1. The largest absolute Gasteiger partial charge is 0.488 e. The number of para-hydroxylation sites is 1. The maximum atomic E-state index is 13.3. The van der Waals surface area contributed by atoms with Crippen LogP contribution >= 0.6 is 11.6 Å². The lowest BCUT2D eigenvalue weighted by atomic mass is 10.0. The van der Waals surface area contributed by atoms with E-state index >= 15 is 0 Å². The number of carbonyl (C=O) groups is 1. The summed E-state index contributed by atoms with van der Waals surface area (Å²) in [6.45, 7) is 5.27. The van der Waals surface area contributed by atoms with Gasteiger partial charge in [-0.3, -0.25) is 9.48 Å². The van der Waals surface area contributed by atoms with Crippen LogP contribution in [0.4, 0.5) is 5.69 Å². The third-order valence-corrected chi connectivity index (χ3v) is 6.18. The van der Waals surface area contributed by atoms with Gasteiger partial charge in [0.1, 0.15) is 12.4 Å². The van der Waals surface area contributed by atoms with E-state index in [0.29, 0.717) is 25.4 Å². The molecule has 1 amide bonds. The van der Waals surface area contributed by atoms with Crippen LogP contribution < -0.4 is 9.64 Å². The van der Waals surface area contributed by atoms with Crippen LogP contribution in [-0.2, 0) is 13.7 Å². The molecule has 0 bridgehead atoms. The quantitative estimate of drug-likeness (QED) is 0.628. The second-order valence-corrected chi connectivity index (χ2v) is 8.23. The highest BCUT2D eigenvalue weighted by molar-refractivity contribution is 6.30. The summed E-state index contributed by atoms with van der Waals surface area (Å²) in [7, 11) is 1.89. The van der Waals surface area contributed by atoms with Gasteiger partial charge < -0.3 is 14.5 Å². The summed E-state index contributed by atoms with van der Waals surface area (Å²) < 4.78 is 7.70. The summed E-state index contributed by atoms with van der Waals surface area (Å²) in [5.41, 5.74) is 5.63. The molecule has 1 saturated heterocycles. The fourth-order valence-electron chi connectivity index (χ4n) is 4.37. The van der Waals surface area contributed by atoms with Crippen LogP contribution in [0.25, 0.3) is 11.3 Å². The van der Waals surface area contributed by atoms with Gasteiger partial charge in [0.15, 0.2) is 5.69 Å². The van der Waals surface area contributed by atoms with E-state index < -0.39 is 0 Å². The van der Waals surface area contributed by atoms with Gasteiger partial charge in [-0.2, -0.15) is 5.10 Å². The molecule has 0 atom stereocenters. The monoisotopic (exact) mass is 422 g/mol. The molecular weight excluding hydrogens is 400 g/mol. The molecule has 154 valence electrons. The highest BCUT2D eigenvalue weighted by Gasteiger charge is 2.32. The number of nitrogens with zero attached hydrogens (tertiary/aromatic N) is 4. The van der Waals surface area contributed by atoms with Crippen LogP contribution in [0.2, 0.25) is 5.02 Å². The SMILES string of the molecule is Cc1ccc(Cl)cc1N1CCN(C(=O)c2nn(C)c3c2COc2ccccc2-3)CC1. The Hall–Kier alpha value is -2.99. The van der Waals surface area contributed by atoms with Gasteiger partial charge in [0.05, 0.1) is 5.69 Å². The van der Waals surface area contributed by atoms with Crippen LogP contribution in [0.3, 0.4) is 0 Å². The van der Waals surface area contributed by atoms with E-state index in [2.05, 4.69) is 16.9 Å². The van der Waals surface area contributed by atoms with Crippen LogP contribution in [0.15, 0.2) is 42.5 Å². The summed E-state index contributed by atoms with van der Waals surface area (Å²) in [4.78, 5) is 17.5. The lowest BCUT2D eigenvalue weighted by Gasteiger charge is -2.36. The summed E-state index contributed by atoms with van der Waals surface area (Å²) in [5, 5.41) is 5.31. The molecule has 1 aromatic heterocycles. The number of hydrogen-bond acceptors (Lipinski definition) is 4. The molecule has 1 fully saturated rings. The number of benzene rings is 2. The average molecular weight is 423 g/mol. The van der Waals surface area contributed by atoms with Crippen LogP contribution in [0, 0.1) is 6.92 Å². The van der Waals surface area contributed by atoms with Crippen molar-refractivity contribution in [3.63, 3.8) is 0 Å². The van der Waals surface area contributed by atoms with E-state index in [-0.39, 0.29) is 5.91 Å². The summed E-state index contributed by atoms with van der Waals surface area (Å²) in [6.07, 6.45) is 0. The molecule has 3 aromatic rings. The number of ether oxygens (including phenoxy) is 1. The van der Waals surface area contributed by atoms with Gasteiger partial charge in [-0.25, -0.2) is 0 Å². The van der Waals surface area contributed by atoms with Crippen molar-refractivity contribution in [1.29, 1.82) is 0 Å². The predicted octanol–water partition coefficient (Wildman–Crippen LogP) is 3.90. The molecule has 0 aliphatic carbocycles. The Balaban J connectivity index is 1.37. The second-order valence-electron chi connectivity index (χ2n) is 7.79. The minimum atomic E-state index is -0.0303. The number of rotatable bonds is 2. The van der Waals surface area contributed by atoms with E-state index in [4.69, 9.17) is 16.3 Å². The number of hydrogen-bond donors (Lipinski definition) is 0. The first kappa shape index (κ1) is 19.0. The van der Waals surface area contributed by atoms with Gasteiger partial charge in [0.25, 0.3) is 5.91 Å². The molecule has 2 aliphatic rings. The van der Waals surface area contributed by atoms with Gasteiger partial charge in [-0.15, -0.1) is 0 Å². The van der Waals surface area contributed by atoms with Crippen molar-refractivity contribution in [3.05, 3.63) is 64.3 Å². The van der Waals surface area contributed by atoms with Crippen LogP contribution in [0.1, 0.15) is 21.6 Å². The summed E-state index contributed by atoms with van der Waals surface area (Å²) in [6, 6.07) is 13.8. The zero-order chi connectivity index (χ0) is 20.8. The molecule has 3 heterocycles. The molecule has 6 nitrogen and oxygen atoms in total. The standard InChI is InChI=1S/C23H23ClN4O2/c1-15-7-8-16(24)13-19(15)27-9-11-28(12-10-27)23(29)21-18-14-30-20-6-4-3-5-17(20)22(18)26(2)25-21/h3-8,13H,9-12,14H2,1-2H3. The minimum Gasteiger partial charge on any atom is -0.488 e. The first-order valence-corrected chi connectivity index (χ1v) is 10.5. The van der Waals surface area contributed by atoms with Crippen LogP contribution in [-0.4, -0.2) is 46.8 Å². The Kier molecular flexibility index (Phi) is 4.66. The van der Waals surface area contributed by atoms with E-state index in [1.165, 1.54) is 5.56 Å². The summed E-state index contributed by atoms with van der Waals surface area (Å²) in [5.74, 6) is 0.801. The summed E-state index contributed by atoms with van der Waals surface area (Å²) >= 11 is 6.19. The molecule has 0 saturated carbocycles. The fraction of sp³-hybridized carbons (Fsp3) is 0.304. The van der Waals surface area contributed by atoms with E-state index in [1.807, 2.05) is 54.4 Å². The number of anilines is 1. The van der Waals surface area contributed by atoms with Gasteiger partial charge in [-0.1, -0.05) is 29.8 Å². The minimum absolute atomic E-state index is 0.0303.